The summed E-state index contributed by atoms with van der Waals surface area (Å²) in [6.45, 7) is 1.86. The number of rotatable bonds is 3. The number of piperidine rings is 1. The van der Waals surface area contributed by atoms with Crippen molar-refractivity contribution in [1.29, 1.82) is 0 Å². The number of halogens is 1. The molecule has 3 rings (SSSR count). The second-order valence-corrected chi connectivity index (χ2v) is 6.76. The van der Waals surface area contributed by atoms with Crippen molar-refractivity contribution in [1.82, 2.24) is 10.2 Å². The van der Waals surface area contributed by atoms with Crippen molar-refractivity contribution in [2.24, 2.45) is 5.92 Å². The maximum Gasteiger partial charge on any atom is 0.240 e. The first-order valence-corrected chi connectivity index (χ1v) is 8.62. The van der Waals surface area contributed by atoms with Crippen molar-refractivity contribution in [3.63, 3.8) is 0 Å². The van der Waals surface area contributed by atoms with E-state index in [0.29, 0.717) is 5.91 Å². The third-order valence-corrected chi connectivity index (χ3v) is 5.25. The summed E-state index contributed by atoms with van der Waals surface area (Å²) in [4.78, 5) is 14.4. The number of nitrogens with one attached hydrogen (secondary N) is 1. The van der Waals surface area contributed by atoms with E-state index >= 15 is 0 Å². The summed E-state index contributed by atoms with van der Waals surface area (Å²) in [5.74, 6) is 2.89. The molecule has 1 atom stereocenters. The fraction of sp³-hybridized carbons (Fsp3) is 0.562. The predicted molar refractivity (Wildman–Crippen MR) is 90.9 cm³/mol. The van der Waals surface area contributed by atoms with Crippen LogP contribution < -0.4 is 5.32 Å². The van der Waals surface area contributed by atoms with Gasteiger partial charge in [0.05, 0.1) is 6.04 Å². The van der Waals surface area contributed by atoms with Gasteiger partial charge in [0.2, 0.25) is 5.91 Å². The number of hydrogen-bond acceptors (Lipinski definition) is 3. The van der Waals surface area contributed by atoms with Gasteiger partial charge in [-0.05, 0) is 30.7 Å². The lowest BCUT2D eigenvalue weighted by molar-refractivity contribution is -0.134. The van der Waals surface area contributed by atoms with Crippen LogP contribution in [-0.2, 0) is 11.2 Å². The minimum Gasteiger partial charge on any atom is -0.341 e. The van der Waals surface area contributed by atoms with Gasteiger partial charge in [-0.25, -0.2) is 0 Å². The monoisotopic (exact) mass is 326 g/mol. The number of amides is 1. The fourth-order valence-corrected chi connectivity index (χ4v) is 4.01. The van der Waals surface area contributed by atoms with Crippen LogP contribution in [0, 0.1) is 5.92 Å². The average molecular weight is 327 g/mol. The average Bonchev–Trinajstić information content (AvgIpc) is 3.03. The third-order valence-electron chi connectivity index (χ3n) is 4.31. The molecule has 3 nitrogen and oxygen atoms in total. The van der Waals surface area contributed by atoms with E-state index in [4.69, 9.17) is 0 Å². The zero-order valence-corrected chi connectivity index (χ0v) is 13.8. The van der Waals surface area contributed by atoms with Crippen LogP contribution in [0.25, 0.3) is 0 Å². The van der Waals surface area contributed by atoms with Crippen LogP contribution >= 0.6 is 24.2 Å². The van der Waals surface area contributed by atoms with E-state index in [0.717, 1.165) is 49.9 Å². The van der Waals surface area contributed by atoms with Gasteiger partial charge in [-0.2, -0.15) is 0 Å². The molecule has 2 saturated heterocycles. The van der Waals surface area contributed by atoms with Crippen molar-refractivity contribution < 1.29 is 4.79 Å². The number of hydrogen-bond donors (Lipinski definition) is 1. The molecule has 0 aliphatic carbocycles. The zero-order chi connectivity index (χ0) is 13.8. The lowest BCUT2D eigenvalue weighted by Gasteiger charge is -2.33. The zero-order valence-electron chi connectivity index (χ0n) is 12.2. The summed E-state index contributed by atoms with van der Waals surface area (Å²) in [5.41, 5.74) is 1.42. The van der Waals surface area contributed by atoms with Gasteiger partial charge in [0, 0.05) is 24.7 Å². The summed E-state index contributed by atoms with van der Waals surface area (Å²) in [7, 11) is 0. The van der Waals surface area contributed by atoms with E-state index in [2.05, 4.69) is 40.5 Å². The maximum atomic E-state index is 12.3. The van der Waals surface area contributed by atoms with Gasteiger partial charge < -0.3 is 4.90 Å². The first kappa shape index (κ1) is 16.7. The molecule has 0 radical (unpaired) electrons. The number of likely N-dealkylation sites (tertiary alicyclic amines) is 1. The summed E-state index contributed by atoms with van der Waals surface area (Å²) in [5, 5.41) is 3.28. The van der Waals surface area contributed by atoms with Crippen LogP contribution in [0.1, 0.15) is 18.4 Å². The van der Waals surface area contributed by atoms with Gasteiger partial charge in [-0.15, -0.1) is 24.2 Å². The summed E-state index contributed by atoms with van der Waals surface area (Å²) < 4.78 is 0. The minimum absolute atomic E-state index is 0. The topological polar surface area (TPSA) is 32.3 Å². The SMILES string of the molecule is Cl.O=C(C1CSCN1)N1CCC(Cc2ccccc2)CC1. The first-order valence-electron chi connectivity index (χ1n) is 7.47. The van der Waals surface area contributed by atoms with E-state index in [-0.39, 0.29) is 18.4 Å². The van der Waals surface area contributed by atoms with E-state index in [1.54, 1.807) is 0 Å². The van der Waals surface area contributed by atoms with Crippen molar-refractivity contribution in [2.45, 2.75) is 25.3 Å². The van der Waals surface area contributed by atoms with Crippen molar-refractivity contribution >= 4 is 30.1 Å². The molecule has 2 heterocycles. The smallest absolute Gasteiger partial charge is 0.240 e. The highest BCUT2D eigenvalue weighted by Crippen LogP contribution is 2.23. The van der Waals surface area contributed by atoms with E-state index in [9.17, 15) is 4.79 Å². The van der Waals surface area contributed by atoms with Gasteiger partial charge in [0.15, 0.2) is 0 Å². The highest BCUT2D eigenvalue weighted by Gasteiger charge is 2.29. The molecule has 0 spiro atoms. The van der Waals surface area contributed by atoms with Crippen LogP contribution in [0.4, 0.5) is 0 Å². The summed E-state index contributed by atoms with van der Waals surface area (Å²) in [6, 6.07) is 10.8. The second-order valence-electron chi connectivity index (χ2n) is 5.73. The van der Waals surface area contributed by atoms with Crippen molar-refractivity contribution in [3.8, 4) is 0 Å². The molecule has 1 aromatic rings. The molecule has 116 valence electrons. The number of benzene rings is 1. The van der Waals surface area contributed by atoms with Crippen LogP contribution in [0.3, 0.4) is 0 Å². The molecule has 21 heavy (non-hydrogen) atoms. The molecular formula is C16H23ClN2OS. The van der Waals surface area contributed by atoms with Gasteiger partial charge in [0.25, 0.3) is 0 Å². The van der Waals surface area contributed by atoms with E-state index in [1.165, 1.54) is 5.56 Å². The Kier molecular flexibility index (Phi) is 6.40. The second kappa shape index (κ2) is 8.06. The van der Waals surface area contributed by atoms with Crippen LogP contribution in [0.2, 0.25) is 0 Å². The predicted octanol–water partition coefficient (Wildman–Crippen LogP) is 2.55. The minimum atomic E-state index is 0. The molecule has 1 unspecified atom stereocenters. The van der Waals surface area contributed by atoms with Gasteiger partial charge >= 0.3 is 0 Å². The standard InChI is InChI=1S/C16H22N2OS.ClH/c19-16(15-11-20-12-17-15)18-8-6-14(7-9-18)10-13-4-2-1-3-5-13;/h1-5,14-15,17H,6-12H2;1H. The van der Waals surface area contributed by atoms with Gasteiger partial charge in [-0.1, -0.05) is 30.3 Å². The Labute approximate surface area is 137 Å². The molecule has 2 aliphatic rings. The van der Waals surface area contributed by atoms with Crippen LogP contribution in [0.5, 0.6) is 0 Å². The Hall–Kier alpha value is -0.710. The number of thioether (sulfide) groups is 1. The molecule has 1 N–H and O–H groups in total. The number of nitrogens with zero attached hydrogens (tertiary/aromatic N) is 1. The molecule has 0 saturated carbocycles. The lowest BCUT2D eigenvalue weighted by atomic mass is 9.90. The molecule has 0 aromatic heterocycles. The molecule has 1 amide bonds. The fourth-order valence-electron chi connectivity index (χ4n) is 3.08. The quantitative estimate of drug-likeness (QED) is 0.926. The highest BCUT2D eigenvalue weighted by atomic mass is 35.5. The Bertz CT molecular complexity index is 443. The van der Waals surface area contributed by atoms with Crippen LogP contribution in [-0.4, -0.2) is 41.6 Å². The Morgan fingerprint density at radius 2 is 1.95 bits per heavy atom. The summed E-state index contributed by atoms with van der Waals surface area (Å²) >= 11 is 1.82. The molecule has 0 bridgehead atoms. The first-order chi connectivity index (χ1) is 9.83. The Morgan fingerprint density at radius 1 is 1.24 bits per heavy atom. The van der Waals surface area contributed by atoms with Crippen molar-refractivity contribution in [3.05, 3.63) is 35.9 Å². The molecule has 5 heteroatoms. The molecule has 1 aromatic carbocycles. The third kappa shape index (κ3) is 4.38. The Balaban J connectivity index is 0.00000161. The maximum absolute atomic E-state index is 12.3. The van der Waals surface area contributed by atoms with E-state index in [1.807, 2.05) is 11.8 Å². The number of carbonyl (C=O) groups excluding carboxylic acids is 1. The molecular weight excluding hydrogens is 304 g/mol. The van der Waals surface area contributed by atoms with Crippen LogP contribution in [0.15, 0.2) is 30.3 Å². The molecule has 2 aliphatic heterocycles. The van der Waals surface area contributed by atoms with E-state index < -0.39 is 0 Å². The van der Waals surface area contributed by atoms with Gasteiger partial charge in [0.1, 0.15) is 0 Å². The van der Waals surface area contributed by atoms with Gasteiger partial charge in [-0.3, -0.25) is 10.1 Å². The van der Waals surface area contributed by atoms with Crippen molar-refractivity contribution in [2.75, 3.05) is 24.7 Å². The number of carbonyl (C=O) groups is 1. The highest BCUT2D eigenvalue weighted by molar-refractivity contribution is 7.99. The molecule has 2 fully saturated rings. The lowest BCUT2D eigenvalue weighted by Crippen LogP contribution is -2.48. The Morgan fingerprint density at radius 3 is 2.57 bits per heavy atom. The largest absolute Gasteiger partial charge is 0.341 e. The summed E-state index contributed by atoms with van der Waals surface area (Å²) in [6.07, 6.45) is 3.43. The normalized spacial score (nSPS) is 22.9.